The van der Waals surface area contributed by atoms with Crippen LogP contribution in [0.1, 0.15) is 66.2 Å². The summed E-state index contributed by atoms with van der Waals surface area (Å²) in [6.45, 7) is 13.4. The Bertz CT molecular complexity index is 270. The van der Waals surface area contributed by atoms with Crippen molar-refractivity contribution in [3.8, 4) is 0 Å². The number of nitrogens with zero attached hydrogens (tertiary/aromatic N) is 1. The summed E-state index contributed by atoms with van der Waals surface area (Å²) < 4.78 is 0. The van der Waals surface area contributed by atoms with E-state index >= 15 is 0 Å². The second-order valence-electron chi connectivity index (χ2n) is 7.55. The molecule has 3 unspecified atom stereocenters. The molecule has 2 fully saturated rings. The molecule has 0 bridgehead atoms. The first kappa shape index (κ1) is 15.3. The Labute approximate surface area is 120 Å². The van der Waals surface area contributed by atoms with E-state index in [9.17, 15) is 0 Å². The lowest BCUT2D eigenvalue weighted by atomic mass is 9.75. The molecule has 0 aromatic carbocycles. The van der Waals surface area contributed by atoms with Crippen molar-refractivity contribution >= 4 is 0 Å². The molecule has 0 radical (unpaired) electrons. The maximum Gasteiger partial charge on any atom is 0.0221 e. The lowest BCUT2D eigenvalue weighted by Crippen LogP contribution is -2.59. The van der Waals surface area contributed by atoms with E-state index in [-0.39, 0.29) is 0 Å². The first-order valence-corrected chi connectivity index (χ1v) is 8.51. The van der Waals surface area contributed by atoms with Crippen molar-refractivity contribution in [3.05, 3.63) is 0 Å². The Hall–Kier alpha value is -0.0800. The molecule has 0 amide bonds. The van der Waals surface area contributed by atoms with Crippen LogP contribution in [0.15, 0.2) is 0 Å². The zero-order chi connectivity index (χ0) is 13.9. The van der Waals surface area contributed by atoms with Crippen molar-refractivity contribution in [2.45, 2.75) is 78.3 Å². The van der Waals surface area contributed by atoms with E-state index in [0.717, 1.165) is 5.92 Å². The third kappa shape index (κ3) is 3.95. The van der Waals surface area contributed by atoms with Gasteiger partial charge in [-0.05, 0) is 31.1 Å². The van der Waals surface area contributed by atoms with Crippen LogP contribution in [-0.2, 0) is 0 Å². The van der Waals surface area contributed by atoms with Crippen LogP contribution in [0.25, 0.3) is 0 Å². The predicted octanol–water partition coefficient (Wildman–Crippen LogP) is 3.67. The van der Waals surface area contributed by atoms with Crippen LogP contribution >= 0.6 is 0 Å². The highest BCUT2D eigenvalue weighted by atomic mass is 15.2. The monoisotopic (exact) mass is 266 g/mol. The highest BCUT2D eigenvalue weighted by Crippen LogP contribution is 2.37. The van der Waals surface area contributed by atoms with Crippen LogP contribution in [0.3, 0.4) is 0 Å². The smallest absolute Gasteiger partial charge is 0.0221 e. The zero-order valence-electron chi connectivity index (χ0n) is 13.5. The van der Waals surface area contributed by atoms with Gasteiger partial charge in [-0.15, -0.1) is 0 Å². The molecule has 2 nitrogen and oxygen atoms in total. The maximum absolute atomic E-state index is 3.76. The Kier molecular flexibility index (Phi) is 5.30. The molecule has 1 aliphatic carbocycles. The molecule has 19 heavy (non-hydrogen) atoms. The van der Waals surface area contributed by atoms with Crippen LogP contribution in [0.2, 0.25) is 0 Å². The predicted molar refractivity (Wildman–Crippen MR) is 83.5 cm³/mol. The molecule has 0 aromatic rings. The topological polar surface area (TPSA) is 15.3 Å². The largest absolute Gasteiger partial charge is 0.311 e. The van der Waals surface area contributed by atoms with E-state index in [4.69, 9.17) is 0 Å². The number of piperazine rings is 1. The number of rotatable bonds is 4. The van der Waals surface area contributed by atoms with Gasteiger partial charge in [0.15, 0.2) is 0 Å². The molecule has 1 heterocycles. The van der Waals surface area contributed by atoms with Gasteiger partial charge in [-0.25, -0.2) is 0 Å². The van der Waals surface area contributed by atoms with Gasteiger partial charge in [-0.1, -0.05) is 46.5 Å². The normalized spacial score (nSPS) is 34.1. The standard InChI is InChI=1S/C17H34N2/c1-5-14(2)16-12-19(15(3)11-18-16)13-17(4)9-7-6-8-10-17/h14-16,18H,5-13H2,1-4H3. The average molecular weight is 266 g/mol. The molecule has 1 saturated heterocycles. The Balaban J connectivity index is 1.93. The van der Waals surface area contributed by atoms with Crippen molar-refractivity contribution in [2.24, 2.45) is 11.3 Å². The SMILES string of the molecule is CCC(C)C1CN(CC2(C)CCCCC2)C(C)CN1. The maximum atomic E-state index is 3.76. The molecule has 1 aliphatic heterocycles. The van der Waals surface area contributed by atoms with Crippen LogP contribution in [-0.4, -0.2) is 36.6 Å². The Morgan fingerprint density at radius 1 is 1.26 bits per heavy atom. The van der Waals surface area contributed by atoms with Gasteiger partial charge < -0.3 is 5.32 Å². The molecule has 112 valence electrons. The lowest BCUT2D eigenvalue weighted by molar-refractivity contribution is 0.0545. The lowest BCUT2D eigenvalue weighted by Gasteiger charge is -2.46. The molecule has 0 aromatic heterocycles. The minimum absolute atomic E-state index is 0.587. The van der Waals surface area contributed by atoms with E-state index in [2.05, 4.69) is 37.9 Å². The van der Waals surface area contributed by atoms with E-state index in [1.807, 2.05) is 0 Å². The highest BCUT2D eigenvalue weighted by Gasteiger charge is 2.34. The van der Waals surface area contributed by atoms with Gasteiger partial charge in [-0.3, -0.25) is 4.90 Å². The fourth-order valence-corrected chi connectivity index (χ4v) is 3.89. The summed E-state index contributed by atoms with van der Waals surface area (Å²) in [5.74, 6) is 0.800. The molecule has 2 heteroatoms. The van der Waals surface area contributed by atoms with Crippen molar-refractivity contribution in [2.75, 3.05) is 19.6 Å². The summed E-state index contributed by atoms with van der Waals surface area (Å²) in [4.78, 5) is 2.78. The third-order valence-electron chi connectivity index (χ3n) is 5.71. The van der Waals surface area contributed by atoms with Gasteiger partial charge in [0.2, 0.25) is 0 Å². The molecular formula is C17H34N2. The second kappa shape index (κ2) is 6.58. The quantitative estimate of drug-likeness (QED) is 0.835. The summed E-state index contributed by atoms with van der Waals surface area (Å²) in [6.07, 6.45) is 8.53. The number of hydrogen-bond donors (Lipinski definition) is 1. The van der Waals surface area contributed by atoms with Crippen LogP contribution in [0, 0.1) is 11.3 Å². The molecular weight excluding hydrogens is 232 g/mol. The van der Waals surface area contributed by atoms with Gasteiger partial charge in [0.25, 0.3) is 0 Å². The van der Waals surface area contributed by atoms with Gasteiger partial charge in [0, 0.05) is 31.7 Å². The van der Waals surface area contributed by atoms with Crippen LogP contribution in [0.4, 0.5) is 0 Å². The Morgan fingerprint density at radius 3 is 2.58 bits per heavy atom. The van der Waals surface area contributed by atoms with E-state index in [0.29, 0.717) is 17.5 Å². The molecule has 1 saturated carbocycles. The molecule has 2 rings (SSSR count). The summed E-state index contributed by atoms with van der Waals surface area (Å²) in [6, 6.07) is 1.41. The number of nitrogens with one attached hydrogen (secondary N) is 1. The second-order valence-corrected chi connectivity index (χ2v) is 7.55. The highest BCUT2D eigenvalue weighted by molar-refractivity contribution is 4.90. The zero-order valence-corrected chi connectivity index (χ0v) is 13.5. The summed E-state index contributed by atoms with van der Waals surface area (Å²) in [5.41, 5.74) is 0.587. The first-order chi connectivity index (χ1) is 9.04. The van der Waals surface area contributed by atoms with Crippen molar-refractivity contribution in [1.82, 2.24) is 10.2 Å². The van der Waals surface area contributed by atoms with Gasteiger partial charge >= 0.3 is 0 Å². The van der Waals surface area contributed by atoms with Gasteiger partial charge in [0.1, 0.15) is 0 Å². The fraction of sp³-hybridized carbons (Fsp3) is 1.00. The molecule has 1 N–H and O–H groups in total. The van der Waals surface area contributed by atoms with E-state index in [1.54, 1.807) is 0 Å². The summed E-state index contributed by atoms with van der Waals surface area (Å²) >= 11 is 0. The first-order valence-electron chi connectivity index (χ1n) is 8.51. The summed E-state index contributed by atoms with van der Waals surface area (Å²) in [7, 11) is 0. The van der Waals surface area contributed by atoms with Crippen molar-refractivity contribution in [1.29, 1.82) is 0 Å². The number of hydrogen-bond acceptors (Lipinski definition) is 2. The van der Waals surface area contributed by atoms with E-state index < -0.39 is 0 Å². The minimum atomic E-state index is 0.587. The van der Waals surface area contributed by atoms with Crippen molar-refractivity contribution < 1.29 is 0 Å². The molecule has 3 atom stereocenters. The molecule has 2 aliphatic rings. The Morgan fingerprint density at radius 2 is 1.95 bits per heavy atom. The summed E-state index contributed by atoms with van der Waals surface area (Å²) in [5, 5.41) is 3.76. The van der Waals surface area contributed by atoms with E-state index in [1.165, 1.54) is 58.2 Å². The van der Waals surface area contributed by atoms with Crippen LogP contribution < -0.4 is 5.32 Å². The minimum Gasteiger partial charge on any atom is -0.311 e. The third-order valence-corrected chi connectivity index (χ3v) is 5.71. The van der Waals surface area contributed by atoms with Crippen LogP contribution in [0.5, 0.6) is 0 Å². The molecule has 0 spiro atoms. The van der Waals surface area contributed by atoms with Gasteiger partial charge in [0.05, 0.1) is 0 Å². The van der Waals surface area contributed by atoms with Gasteiger partial charge in [-0.2, -0.15) is 0 Å². The fourth-order valence-electron chi connectivity index (χ4n) is 3.89. The average Bonchev–Trinajstić information content (AvgIpc) is 2.41. The van der Waals surface area contributed by atoms with Crippen molar-refractivity contribution in [3.63, 3.8) is 0 Å².